The van der Waals surface area contributed by atoms with E-state index in [1.807, 2.05) is 0 Å². The Labute approximate surface area is 102 Å². The fraction of sp³-hybridized carbons (Fsp3) is 1.00. The SMILES string of the molecule is CCCCCCCC(NC)C(C)CCOC. The van der Waals surface area contributed by atoms with E-state index in [1.54, 1.807) is 7.11 Å². The first-order chi connectivity index (χ1) is 7.76. The quantitative estimate of drug-likeness (QED) is 0.547. The minimum absolute atomic E-state index is 0.664. The fourth-order valence-corrected chi connectivity index (χ4v) is 2.19. The normalized spacial score (nSPS) is 15.0. The van der Waals surface area contributed by atoms with Crippen molar-refractivity contribution in [1.82, 2.24) is 5.32 Å². The molecule has 0 aromatic heterocycles. The lowest BCUT2D eigenvalue weighted by molar-refractivity contribution is 0.169. The van der Waals surface area contributed by atoms with Gasteiger partial charge in [-0.1, -0.05) is 46.0 Å². The van der Waals surface area contributed by atoms with Crippen molar-refractivity contribution in [2.75, 3.05) is 20.8 Å². The molecule has 16 heavy (non-hydrogen) atoms. The number of hydrogen-bond donors (Lipinski definition) is 1. The van der Waals surface area contributed by atoms with E-state index in [-0.39, 0.29) is 0 Å². The van der Waals surface area contributed by atoms with Crippen LogP contribution in [0.2, 0.25) is 0 Å². The molecular formula is C14H31NO. The van der Waals surface area contributed by atoms with Crippen molar-refractivity contribution in [3.63, 3.8) is 0 Å². The van der Waals surface area contributed by atoms with Gasteiger partial charge in [-0.05, 0) is 25.8 Å². The molecule has 2 atom stereocenters. The third kappa shape index (κ3) is 8.12. The van der Waals surface area contributed by atoms with Crippen LogP contribution in [0, 0.1) is 5.92 Å². The molecular weight excluding hydrogens is 198 g/mol. The summed E-state index contributed by atoms with van der Waals surface area (Å²) in [5, 5.41) is 3.45. The third-order valence-corrected chi connectivity index (χ3v) is 3.45. The molecule has 0 aliphatic carbocycles. The lowest BCUT2D eigenvalue weighted by Crippen LogP contribution is -2.32. The third-order valence-electron chi connectivity index (χ3n) is 3.45. The van der Waals surface area contributed by atoms with Gasteiger partial charge < -0.3 is 10.1 Å². The van der Waals surface area contributed by atoms with E-state index in [9.17, 15) is 0 Å². The maximum absolute atomic E-state index is 5.14. The summed E-state index contributed by atoms with van der Waals surface area (Å²) in [4.78, 5) is 0. The lowest BCUT2D eigenvalue weighted by Gasteiger charge is -2.23. The second-order valence-electron chi connectivity index (χ2n) is 4.86. The van der Waals surface area contributed by atoms with Crippen molar-refractivity contribution in [3.05, 3.63) is 0 Å². The van der Waals surface area contributed by atoms with Gasteiger partial charge in [0, 0.05) is 19.8 Å². The van der Waals surface area contributed by atoms with Gasteiger partial charge in [-0.25, -0.2) is 0 Å². The first kappa shape index (κ1) is 15.9. The molecule has 0 rings (SSSR count). The molecule has 0 bridgehead atoms. The molecule has 0 aliphatic heterocycles. The second-order valence-corrected chi connectivity index (χ2v) is 4.86. The Bertz CT molecular complexity index is 139. The van der Waals surface area contributed by atoms with Gasteiger partial charge in [0.15, 0.2) is 0 Å². The van der Waals surface area contributed by atoms with Crippen LogP contribution in [-0.2, 0) is 4.74 Å². The highest BCUT2D eigenvalue weighted by Gasteiger charge is 2.14. The van der Waals surface area contributed by atoms with Crippen LogP contribution < -0.4 is 5.32 Å². The molecule has 0 aromatic carbocycles. The van der Waals surface area contributed by atoms with E-state index >= 15 is 0 Å². The largest absolute Gasteiger partial charge is 0.385 e. The predicted octanol–water partition coefficient (Wildman–Crippen LogP) is 3.61. The van der Waals surface area contributed by atoms with Gasteiger partial charge >= 0.3 is 0 Å². The molecule has 2 unspecified atom stereocenters. The van der Waals surface area contributed by atoms with Crippen LogP contribution in [0.15, 0.2) is 0 Å². The van der Waals surface area contributed by atoms with Crippen LogP contribution >= 0.6 is 0 Å². The van der Waals surface area contributed by atoms with E-state index in [1.165, 1.54) is 38.5 Å². The highest BCUT2D eigenvalue weighted by Crippen LogP contribution is 2.15. The lowest BCUT2D eigenvalue weighted by atomic mass is 9.93. The predicted molar refractivity (Wildman–Crippen MR) is 71.9 cm³/mol. The number of methoxy groups -OCH3 is 1. The molecule has 0 radical (unpaired) electrons. The van der Waals surface area contributed by atoms with Gasteiger partial charge in [-0.2, -0.15) is 0 Å². The number of ether oxygens (including phenoxy) is 1. The number of nitrogens with one attached hydrogen (secondary N) is 1. The fourth-order valence-electron chi connectivity index (χ4n) is 2.19. The molecule has 1 N–H and O–H groups in total. The molecule has 0 saturated heterocycles. The Morgan fingerprint density at radius 2 is 1.75 bits per heavy atom. The van der Waals surface area contributed by atoms with Crippen LogP contribution in [0.25, 0.3) is 0 Å². The molecule has 0 saturated carbocycles. The summed E-state index contributed by atoms with van der Waals surface area (Å²) in [5.74, 6) is 0.719. The van der Waals surface area contributed by atoms with Gasteiger partial charge in [0.2, 0.25) is 0 Å². The van der Waals surface area contributed by atoms with Gasteiger partial charge in [0.05, 0.1) is 0 Å². The van der Waals surface area contributed by atoms with Crippen LogP contribution in [0.3, 0.4) is 0 Å². The van der Waals surface area contributed by atoms with E-state index in [0.717, 1.165) is 18.9 Å². The standard InChI is InChI=1S/C14H31NO/c1-5-6-7-8-9-10-14(15-3)13(2)11-12-16-4/h13-15H,5-12H2,1-4H3. The minimum atomic E-state index is 0.664. The molecule has 0 fully saturated rings. The molecule has 0 heterocycles. The average molecular weight is 229 g/mol. The summed E-state index contributed by atoms with van der Waals surface area (Å²) in [6.45, 7) is 5.48. The number of unbranched alkanes of at least 4 members (excludes halogenated alkanes) is 4. The second kappa shape index (κ2) is 11.4. The summed E-state index contributed by atoms with van der Waals surface area (Å²) in [7, 11) is 3.87. The van der Waals surface area contributed by atoms with Gasteiger partial charge in [-0.3, -0.25) is 0 Å². The van der Waals surface area contributed by atoms with E-state index in [0.29, 0.717) is 6.04 Å². The Hall–Kier alpha value is -0.0800. The van der Waals surface area contributed by atoms with Gasteiger partial charge in [0.1, 0.15) is 0 Å². The van der Waals surface area contributed by atoms with Crippen molar-refractivity contribution < 1.29 is 4.74 Å². The van der Waals surface area contributed by atoms with Gasteiger partial charge in [-0.15, -0.1) is 0 Å². The van der Waals surface area contributed by atoms with E-state index in [2.05, 4.69) is 26.2 Å². The molecule has 2 nitrogen and oxygen atoms in total. The summed E-state index contributed by atoms with van der Waals surface area (Å²) >= 11 is 0. The van der Waals surface area contributed by atoms with Gasteiger partial charge in [0.25, 0.3) is 0 Å². The minimum Gasteiger partial charge on any atom is -0.385 e. The molecule has 0 spiro atoms. The van der Waals surface area contributed by atoms with Crippen LogP contribution in [-0.4, -0.2) is 26.8 Å². The summed E-state index contributed by atoms with van der Waals surface area (Å²) in [6, 6.07) is 0.664. The van der Waals surface area contributed by atoms with Crippen LogP contribution in [0.1, 0.15) is 58.8 Å². The molecule has 98 valence electrons. The summed E-state index contributed by atoms with van der Waals surface area (Å²) < 4.78 is 5.14. The maximum Gasteiger partial charge on any atom is 0.0465 e. The van der Waals surface area contributed by atoms with Crippen molar-refractivity contribution in [3.8, 4) is 0 Å². The number of hydrogen-bond acceptors (Lipinski definition) is 2. The molecule has 2 heteroatoms. The topological polar surface area (TPSA) is 21.3 Å². The Balaban J connectivity index is 3.56. The van der Waals surface area contributed by atoms with E-state index in [4.69, 9.17) is 4.74 Å². The highest BCUT2D eigenvalue weighted by atomic mass is 16.5. The maximum atomic E-state index is 5.14. The first-order valence-electron chi connectivity index (χ1n) is 6.92. The van der Waals surface area contributed by atoms with Crippen molar-refractivity contribution in [2.45, 2.75) is 64.8 Å². The summed E-state index contributed by atoms with van der Waals surface area (Å²) in [6.07, 6.45) is 9.36. The number of rotatable bonds is 11. The molecule has 0 aromatic rings. The van der Waals surface area contributed by atoms with Crippen LogP contribution in [0.5, 0.6) is 0 Å². The summed E-state index contributed by atoms with van der Waals surface area (Å²) in [5.41, 5.74) is 0. The van der Waals surface area contributed by atoms with Crippen molar-refractivity contribution in [1.29, 1.82) is 0 Å². The zero-order chi connectivity index (χ0) is 12.2. The van der Waals surface area contributed by atoms with Crippen molar-refractivity contribution in [2.24, 2.45) is 5.92 Å². The average Bonchev–Trinajstić information content (AvgIpc) is 2.31. The molecule has 0 amide bonds. The Morgan fingerprint density at radius 1 is 1.06 bits per heavy atom. The Morgan fingerprint density at radius 3 is 2.31 bits per heavy atom. The van der Waals surface area contributed by atoms with Crippen LogP contribution in [0.4, 0.5) is 0 Å². The highest BCUT2D eigenvalue weighted by molar-refractivity contribution is 4.71. The monoisotopic (exact) mass is 229 g/mol. The molecule has 0 aliphatic rings. The van der Waals surface area contributed by atoms with Crippen molar-refractivity contribution >= 4 is 0 Å². The Kier molecular flexibility index (Phi) is 11.3. The zero-order valence-corrected chi connectivity index (χ0v) is 11.7. The first-order valence-corrected chi connectivity index (χ1v) is 6.92. The zero-order valence-electron chi connectivity index (χ0n) is 11.7. The smallest absolute Gasteiger partial charge is 0.0465 e. The van der Waals surface area contributed by atoms with E-state index < -0.39 is 0 Å².